The zero-order chi connectivity index (χ0) is 17.3. The predicted octanol–water partition coefficient (Wildman–Crippen LogP) is 3.94. The third-order valence-corrected chi connectivity index (χ3v) is 7.15. The second-order valence-electron chi connectivity index (χ2n) is 8.42. The minimum atomic E-state index is 0.0515. The van der Waals surface area contributed by atoms with Crippen LogP contribution in [0.15, 0.2) is 9.64 Å². The average Bonchev–Trinajstić information content (AvgIpc) is 3.06. The summed E-state index contributed by atoms with van der Waals surface area (Å²) in [6.45, 7) is 2.92. The lowest BCUT2D eigenvalue weighted by atomic mass is 9.49. The molecule has 4 fully saturated rings. The van der Waals surface area contributed by atoms with Gasteiger partial charge in [0, 0.05) is 12.0 Å². The van der Waals surface area contributed by atoms with Gasteiger partial charge in [-0.05, 0) is 62.7 Å². The maximum atomic E-state index is 11.9. The number of amides is 1. The molecule has 1 heterocycles. The first kappa shape index (κ1) is 17.4. The number of nitrogens with zero attached hydrogens (tertiary/aromatic N) is 2. The van der Waals surface area contributed by atoms with Crippen LogP contribution in [0.2, 0.25) is 0 Å². The second-order valence-corrected chi connectivity index (χ2v) is 9.34. The van der Waals surface area contributed by atoms with Gasteiger partial charge in [0.1, 0.15) is 0 Å². The second kappa shape index (κ2) is 7.29. The molecule has 1 aromatic rings. The van der Waals surface area contributed by atoms with E-state index in [1.807, 2.05) is 0 Å². The van der Waals surface area contributed by atoms with Crippen LogP contribution in [0.1, 0.15) is 70.6 Å². The van der Waals surface area contributed by atoms with Gasteiger partial charge in [0.05, 0.1) is 5.75 Å². The summed E-state index contributed by atoms with van der Waals surface area (Å²) in [7, 11) is 0. The van der Waals surface area contributed by atoms with Crippen molar-refractivity contribution >= 4 is 17.7 Å². The Morgan fingerprint density at radius 2 is 1.84 bits per heavy atom. The fraction of sp³-hybridized carbons (Fsp3) is 0.842. The van der Waals surface area contributed by atoms with Gasteiger partial charge in [0.15, 0.2) is 0 Å². The summed E-state index contributed by atoms with van der Waals surface area (Å²) in [6.07, 6.45) is 11.3. The van der Waals surface area contributed by atoms with Gasteiger partial charge in [0.2, 0.25) is 11.8 Å². The Bertz CT molecular complexity index is 580. The molecule has 5 rings (SSSR count). The van der Waals surface area contributed by atoms with Crippen molar-refractivity contribution in [1.29, 1.82) is 0 Å². The lowest BCUT2D eigenvalue weighted by Crippen LogP contribution is -2.48. The van der Waals surface area contributed by atoms with E-state index >= 15 is 0 Å². The Morgan fingerprint density at radius 1 is 1.16 bits per heavy atom. The van der Waals surface area contributed by atoms with Crippen molar-refractivity contribution in [2.45, 2.75) is 75.3 Å². The number of nitrogens with one attached hydrogen (secondary N) is 1. The Labute approximate surface area is 154 Å². The van der Waals surface area contributed by atoms with Crippen molar-refractivity contribution < 1.29 is 9.21 Å². The molecular weight excluding hydrogens is 334 g/mol. The number of rotatable bonds is 8. The minimum absolute atomic E-state index is 0.0515. The number of unbranched alkanes of at least 4 members (excludes halogenated alkanes) is 2. The van der Waals surface area contributed by atoms with E-state index in [-0.39, 0.29) is 11.3 Å². The normalized spacial score (nSPS) is 32.9. The van der Waals surface area contributed by atoms with Crippen molar-refractivity contribution in [1.82, 2.24) is 15.5 Å². The van der Waals surface area contributed by atoms with Crippen molar-refractivity contribution in [2.24, 2.45) is 17.8 Å². The molecule has 1 N–H and O–H groups in total. The predicted molar refractivity (Wildman–Crippen MR) is 97.4 cm³/mol. The average molecular weight is 364 g/mol. The van der Waals surface area contributed by atoms with E-state index in [0.717, 1.165) is 43.0 Å². The molecule has 4 bridgehead atoms. The van der Waals surface area contributed by atoms with Gasteiger partial charge >= 0.3 is 0 Å². The first-order chi connectivity index (χ1) is 12.2. The molecule has 1 aromatic heterocycles. The quantitative estimate of drug-likeness (QED) is 0.560. The first-order valence-electron chi connectivity index (χ1n) is 9.90. The third-order valence-electron chi connectivity index (χ3n) is 6.33. The topological polar surface area (TPSA) is 68.0 Å². The fourth-order valence-electron chi connectivity index (χ4n) is 5.64. The number of aromatic nitrogens is 2. The van der Waals surface area contributed by atoms with Crippen LogP contribution in [0.5, 0.6) is 0 Å². The van der Waals surface area contributed by atoms with Gasteiger partial charge in [-0.15, -0.1) is 10.2 Å². The van der Waals surface area contributed by atoms with Crippen LogP contribution in [0, 0.1) is 17.8 Å². The standard InChI is InChI=1S/C19H29N3O2S/c1-2-3-4-5-20-16(23)12-25-18-22-21-17(24-18)19-9-13-6-14(10-19)8-15(7-13)11-19/h13-15H,2-12H2,1H3,(H,20,23). The molecule has 1 amide bonds. The van der Waals surface area contributed by atoms with Crippen LogP contribution in [-0.4, -0.2) is 28.4 Å². The lowest BCUT2D eigenvalue weighted by Gasteiger charge is -2.55. The van der Waals surface area contributed by atoms with E-state index in [4.69, 9.17) is 4.42 Å². The van der Waals surface area contributed by atoms with E-state index in [0.29, 0.717) is 11.0 Å². The molecule has 0 aromatic carbocycles. The molecule has 0 radical (unpaired) electrons. The van der Waals surface area contributed by atoms with Crippen LogP contribution in [0.3, 0.4) is 0 Å². The highest BCUT2D eigenvalue weighted by molar-refractivity contribution is 7.99. The number of thioether (sulfide) groups is 1. The molecule has 0 spiro atoms. The lowest BCUT2D eigenvalue weighted by molar-refractivity contribution is -0.118. The maximum absolute atomic E-state index is 11.9. The van der Waals surface area contributed by atoms with Crippen LogP contribution in [0.25, 0.3) is 0 Å². The maximum Gasteiger partial charge on any atom is 0.277 e. The van der Waals surface area contributed by atoms with Crippen LogP contribution < -0.4 is 5.32 Å². The van der Waals surface area contributed by atoms with E-state index in [9.17, 15) is 4.79 Å². The summed E-state index contributed by atoms with van der Waals surface area (Å²) < 4.78 is 6.02. The number of carbonyl (C=O) groups excluding carboxylic acids is 1. The summed E-state index contributed by atoms with van der Waals surface area (Å²) in [5.74, 6) is 3.84. The van der Waals surface area contributed by atoms with Crippen LogP contribution in [-0.2, 0) is 10.2 Å². The molecule has 4 saturated carbocycles. The minimum Gasteiger partial charge on any atom is -0.415 e. The molecule has 25 heavy (non-hydrogen) atoms. The Balaban J connectivity index is 1.31. The molecular formula is C19H29N3O2S. The largest absolute Gasteiger partial charge is 0.415 e. The van der Waals surface area contributed by atoms with E-state index in [1.54, 1.807) is 0 Å². The van der Waals surface area contributed by atoms with Gasteiger partial charge < -0.3 is 9.73 Å². The highest BCUT2D eigenvalue weighted by atomic mass is 32.2. The van der Waals surface area contributed by atoms with Crippen LogP contribution >= 0.6 is 11.8 Å². The molecule has 138 valence electrons. The van der Waals surface area contributed by atoms with Crippen molar-refractivity contribution in [3.8, 4) is 0 Å². The number of hydrogen-bond donors (Lipinski definition) is 1. The Morgan fingerprint density at radius 3 is 2.48 bits per heavy atom. The monoisotopic (exact) mass is 363 g/mol. The molecule has 4 aliphatic carbocycles. The molecule has 0 aliphatic heterocycles. The van der Waals surface area contributed by atoms with E-state index in [2.05, 4.69) is 22.4 Å². The summed E-state index contributed by atoms with van der Waals surface area (Å²) in [6, 6.07) is 0. The highest BCUT2D eigenvalue weighted by Gasteiger charge is 2.54. The van der Waals surface area contributed by atoms with Gasteiger partial charge in [-0.25, -0.2) is 0 Å². The number of carbonyl (C=O) groups is 1. The smallest absolute Gasteiger partial charge is 0.277 e. The van der Waals surface area contributed by atoms with Crippen molar-refractivity contribution in [3.05, 3.63) is 5.89 Å². The van der Waals surface area contributed by atoms with E-state index in [1.165, 1.54) is 56.7 Å². The van der Waals surface area contributed by atoms with Gasteiger partial charge in [-0.3, -0.25) is 4.79 Å². The molecule has 0 saturated heterocycles. The summed E-state index contributed by atoms with van der Waals surface area (Å²) in [4.78, 5) is 11.9. The number of hydrogen-bond acceptors (Lipinski definition) is 5. The molecule has 6 heteroatoms. The highest BCUT2D eigenvalue weighted by Crippen LogP contribution is 2.60. The van der Waals surface area contributed by atoms with Crippen molar-refractivity contribution in [2.75, 3.05) is 12.3 Å². The zero-order valence-corrected chi connectivity index (χ0v) is 15.9. The SMILES string of the molecule is CCCCCNC(=O)CSc1nnc(C23CC4CC(CC(C4)C2)C3)o1. The molecule has 0 unspecified atom stereocenters. The van der Waals surface area contributed by atoms with E-state index < -0.39 is 0 Å². The molecule has 0 atom stereocenters. The Kier molecular flexibility index (Phi) is 5.07. The van der Waals surface area contributed by atoms with Crippen molar-refractivity contribution in [3.63, 3.8) is 0 Å². The first-order valence-corrected chi connectivity index (χ1v) is 10.9. The summed E-state index contributed by atoms with van der Waals surface area (Å²) >= 11 is 1.36. The summed E-state index contributed by atoms with van der Waals surface area (Å²) in [5, 5.41) is 12.1. The van der Waals surface area contributed by atoms with Crippen LogP contribution in [0.4, 0.5) is 0 Å². The third kappa shape index (κ3) is 3.74. The van der Waals surface area contributed by atoms with Gasteiger partial charge in [0.25, 0.3) is 5.22 Å². The van der Waals surface area contributed by atoms with Gasteiger partial charge in [-0.2, -0.15) is 0 Å². The Hall–Kier alpha value is -1.04. The summed E-state index contributed by atoms with van der Waals surface area (Å²) in [5.41, 5.74) is 0.142. The fourth-order valence-corrected chi connectivity index (χ4v) is 6.23. The molecule has 5 nitrogen and oxygen atoms in total. The molecule has 4 aliphatic rings. The zero-order valence-electron chi connectivity index (χ0n) is 15.1. The van der Waals surface area contributed by atoms with Gasteiger partial charge in [-0.1, -0.05) is 31.5 Å².